The highest BCUT2D eigenvalue weighted by molar-refractivity contribution is 5.87. The number of rotatable bonds is 1. The van der Waals surface area contributed by atoms with Crippen LogP contribution < -0.4 is 0 Å². The minimum absolute atomic E-state index is 0.665. The van der Waals surface area contributed by atoms with Crippen LogP contribution in [0.15, 0.2) is 0 Å². The van der Waals surface area contributed by atoms with E-state index in [4.69, 9.17) is 15.5 Å². The van der Waals surface area contributed by atoms with Crippen LogP contribution in [-0.4, -0.2) is 75.1 Å². The largest absolute Gasteiger partial charge is 0.360 e. The van der Waals surface area contributed by atoms with E-state index in [2.05, 4.69) is 0 Å². The Labute approximate surface area is 111 Å². The van der Waals surface area contributed by atoms with Crippen LogP contribution in [0, 0.1) is 17.2 Å². The maximum atomic E-state index is 11.6. The standard InChI is InChI=1S/C9H14N2O9/c1-4-2-7(15,16)11(5(12)6(13,14)3-10)9(19,20)8(4,17)18/h4,13-20H,2H2,1H3. The zero-order valence-electron chi connectivity index (χ0n) is 10.2. The first kappa shape index (κ1) is 16.7. The van der Waals surface area contributed by atoms with Crippen molar-refractivity contribution in [3.8, 4) is 6.07 Å². The maximum absolute atomic E-state index is 11.6. The Bertz CT molecular complexity index is 465. The Morgan fingerprint density at radius 3 is 2.10 bits per heavy atom. The molecule has 0 saturated carbocycles. The second kappa shape index (κ2) is 4.32. The summed E-state index contributed by atoms with van der Waals surface area (Å²) in [5.74, 6) is -18.5. The van der Waals surface area contributed by atoms with Gasteiger partial charge in [0.2, 0.25) is 5.79 Å². The summed E-state index contributed by atoms with van der Waals surface area (Å²) in [6, 6.07) is 0.665. The minimum atomic E-state index is -4.00. The number of amides is 1. The minimum Gasteiger partial charge on any atom is -0.360 e. The number of nitriles is 1. The molecule has 20 heavy (non-hydrogen) atoms. The number of carbonyl (C=O) groups is 1. The van der Waals surface area contributed by atoms with Gasteiger partial charge >= 0.3 is 17.6 Å². The van der Waals surface area contributed by atoms with Crippen LogP contribution in [0.3, 0.4) is 0 Å². The van der Waals surface area contributed by atoms with Crippen LogP contribution in [0.25, 0.3) is 0 Å². The summed E-state index contributed by atoms with van der Waals surface area (Å²) in [6.45, 7) is 1.000. The number of carbonyl (C=O) groups excluding carboxylic acids is 1. The molecule has 0 aromatic carbocycles. The predicted octanol–water partition coefficient (Wildman–Crippen LogP) is -4.98. The van der Waals surface area contributed by atoms with Crippen molar-refractivity contribution >= 4 is 5.91 Å². The summed E-state index contributed by atoms with van der Waals surface area (Å²) in [4.78, 5) is 10.8. The third-order valence-electron chi connectivity index (χ3n) is 3.09. The highest BCUT2D eigenvalue weighted by Gasteiger charge is 2.69. The molecule has 0 aromatic rings. The van der Waals surface area contributed by atoms with Gasteiger partial charge in [-0.15, -0.1) is 0 Å². The molecule has 114 valence electrons. The molecule has 1 amide bonds. The summed E-state index contributed by atoms with van der Waals surface area (Å²) in [5, 5.41) is 83.9. The molecular formula is C9H14N2O9. The smallest absolute Gasteiger partial charge is 0.336 e. The third-order valence-corrected chi connectivity index (χ3v) is 3.09. The Kier molecular flexibility index (Phi) is 3.60. The van der Waals surface area contributed by atoms with Gasteiger partial charge in [-0.25, -0.2) is 4.90 Å². The maximum Gasteiger partial charge on any atom is 0.336 e. The van der Waals surface area contributed by atoms with E-state index >= 15 is 0 Å². The quantitative estimate of drug-likeness (QED) is 0.170. The molecule has 0 radical (unpaired) electrons. The molecule has 8 N–H and O–H groups in total. The van der Waals surface area contributed by atoms with Gasteiger partial charge in [0.1, 0.15) is 6.07 Å². The van der Waals surface area contributed by atoms with Gasteiger partial charge in [0.25, 0.3) is 5.91 Å². The molecule has 1 aliphatic heterocycles. The highest BCUT2D eigenvalue weighted by Crippen LogP contribution is 2.43. The van der Waals surface area contributed by atoms with Crippen LogP contribution in [0.2, 0.25) is 0 Å². The Morgan fingerprint density at radius 1 is 1.25 bits per heavy atom. The Hall–Kier alpha value is -1.36. The molecule has 11 nitrogen and oxygen atoms in total. The van der Waals surface area contributed by atoms with Gasteiger partial charge in [0, 0.05) is 12.3 Å². The number of nitrogens with zero attached hydrogens (tertiary/aromatic N) is 2. The van der Waals surface area contributed by atoms with Crippen molar-refractivity contribution in [1.82, 2.24) is 4.90 Å². The SMILES string of the molecule is CC1CC(O)(O)N(C(=O)C(O)(O)C#N)C(O)(O)C1(O)O. The molecule has 1 aliphatic rings. The number of aliphatic hydroxyl groups is 8. The van der Waals surface area contributed by atoms with Crippen molar-refractivity contribution in [2.45, 2.75) is 36.7 Å². The highest BCUT2D eigenvalue weighted by atomic mass is 16.6. The van der Waals surface area contributed by atoms with Crippen molar-refractivity contribution in [3.63, 3.8) is 0 Å². The van der Waals surface area contributed by atoms with E-state index in [1.807, 2.05) is 0 Å². The van der Waals surface area contributed by atoms with Crippen molar-refractivity contribution in [1.29, 1.82) is 5.26 Å². The van der Waals surface area contributed by atoms with E-state index in [1.165, 1.54) is 0 Å². The topological polar surface area (TPSA) is 206 Å². The molecule has 0 aromatic heterocycles. The molecular weight excluding hydrogens is 280 g/mol. The zero-order chi connectivity index (χ0) is 16.1. The van der Waals surface area contributed by atoms with E-state index < -0.39 is 46.5 Å². The van der Waals surface area contributed by atoms with Crippen molar-refractivity contribution in [2.75, 3.05) is 0 Å². The van der Waals surface area contributed by atoms with Crippen LogP contribution in [-0.2, 0) is 4.79 Å². The molecule has 11 heteroatoms. The normalized spacial score (nSPS) is 27.8. The molecule has 1 atom stereocenters. The van der Waals surface area contributed by atoms with Gasteiger partial charge < -0.3 is 40.9 Å². The number of hydrogen-bond donors (Lipinski definition) is 8. The third kappa shape index (κ3) is 2.14. The molecule has 1 rings (SSSR count). The molecule has 0 aliphatic carbocycles. The lowest BCUT2D eigenvalue weighted by atomic mass is 9.85. The first-order chi connectivity index (χ1) is 8.72. The summed E-state index contributed by atoms with van der Waals surface area (Å²) >= 11 is 0. The van der Waals surface area contributed by atoms with E-state index in [0.29, 0.717) is 6.07 Å². The summed E-state index contributed by atoms with van der Waals surface area (Å²) in [7, 11) is 0. The van der Waals surface area contributed by atoms with E-state index in [0.717, 1.165) is 6.92 Å². The molecule has 0 bridgehead atoms. The lowest BCUT2D eigenvalue weighted by Crippen LogP contribution is -2.80. The van der Waals surface area contributed by atoms with Crippen LogP contribution in [0.1, 0.15) is 13.3 Å². The fourth-order valence-corrected chi connectivity index (χ4v) is 1.90. The lowest BCUT2D eigenvalue weighted by molar-refractivity contribution is -0.493. The van der Waals surface area contributed by atoms with Gasteiger partial charge in [-0.3, -0.25) is 4.79 Å². The van der Waals surface area contributed by atoms with E-state index in [-0.39, 0.29) is 0 Å². The Morgan fingerprint density at radius 2 is 1.70 bits per heavy atom. The van der Waals surface area contributed by atoms with Gasteiger partial charge in [-0.2, -0.15) is 5.26 Å². The van der Waals surface area contributed by atoms with Gasteiger partial charge in [0.05, 0.1) is 0 Å². The summed E-state index contributed by atoms with van der Waals surface area (Å²) < 4.78 is 0. The first-order valence-corrected chi connectivity index (χ1v) is 5.27. The lowest BCUT2D eigenvalue weighted by Gasteiger charge is -2.54. The van der Waals surface area contributed by atoms with E-state index in [9.17, 15) is 35.4 Å². The fraction of sp³-hybridized carbons (Fsp3) is 0.778. The van der Waals surface area contributed by atoms with Crippen LogP contribution in [0.5, 0.6) is 0 Å². The molecule has 1 heterocycles. The zero-order valence-corrected chi connectivity index (χ0v) is 10.2. The fourth-order valence-electron chi connectivity index (χ4n) is 1.90. The summed E-state index contributed by atoms with van der Waals surface area (Å²) in [5.41, 5.74) is 0. The second-order valence-electron chi connectivity index (χ2n) is 4.67. The average Bonchev–Trinajstić information content (AvgIpc) is 2.25. The van der Waals surface area contributed by atoms with Crippen molar-refractivity contribution < 1.29 is 45.6 Å². The van der Waals surface area contributed by atoms with Crippen molar-refractivity contribution in [2.24, 2.45) is 5.92 Å². The average molecular weight is 294 g/mol. The number of hydrogen-bond acceptors (Lipinski definition) is 10. The van der Waals surface area contributed by atoms with Crippen molar-refractivity contribution in [3.05, 3.63) is 0 Å². The monoisotopic (exact) mass is 294 g/mol. The van der Waals surface area contributed by atoms with Gasteiger partial charge in [0.15, 0.2) is 0 Å². The predicted molar refractivity (Wildman–Crippen MR) is 54.9 cm³/mol. The molecule has 1 saturated heterocycles. The van der Waals surface area contributed by atoms with E-state index in [1.54, 1.807) is 0 Å². The second-order valence-corrected chi connectivity index (χ2v) is 4.67. The first-order valence-electron chi connectivity index (χ1n) is 5.27. The molecule has 1 unspecified atom stereocenters. The molecule has 0 spiro atoms. The Balaban J connectivity index is 3.42. The van der Waals surface area contributed by atoms with Gasteiger partial charge in [-0.1, -0.05) is 6.92 Å². The van der Waals surface area contributed by atoms with Gasteiger partial charge in [-0.05, 0) is 0 Å². The summed E-state index contributed by atoms with van der Waals surface area (Å²) in [6.07, 6.45) is -0.976. The number of likely N-dealkylation sites (tertiary alicyclic amines) is 1. The number of piperidine rings is 1. The van der Waals surface area contributed by atoms with Crippen LogP contribution >= 0.6 is 0 Å². The molecule has 1 fully saturated rings. The van der Waals surface area contributed by atoms with Crippen LogP contribution in [0.4, 0.5) is 0 Å².